The highest BCUT2D eigenvalue weighted by Crippen LogP contribution is 2.23. The number of rotatable bonds is 1. The Hall–Kier alpha value is -0.570. The van der Waals surface area contributed by atoms with Gasteiger partial charge < -0.3 is 10.2 Å². The van der Waals surface area contributed by atoms with E-state index in [9.17, 15) is 4.79 Å². The molecule has 14 heavy (non-hydrogen) atoms. The Labute approximate surface area is 85.8 Å². The van der Waals surface area contributed by atoms with Crippen LogP contribution in [0.3, 0.4) is 0 Å². The van der Waals surface area contributed by atoms with Crippen LogP contribution in [0.1, 0.15) is 38.5 Å². The molecule has 0 bridgehead atoms. The van der Waals surface area contributed by atoms with Crippen molar-refractivity contribution in [1.82, 2.24) is 10.2 Å². The van der Waals surface area contributed by atoms with E-state index in [0.29, 0.717) is 18.5 Å². The Bertz CT molecular complexity index is 199. The van der Waals surface area contributed by atoms with Crippen LogP contribution >= 0.6 is 0 Å². The van der Waals surface area contributed by atoms with Crippen molar-refractivity contribution in [3.8, 4) is 0 Å². The molecule has 80 valence electrons. The zero-order chi connectivity index (χ0) is 9.80. The fraction of sp³-hybridized carbons (Fsp3) is 0.909. The smallest absolute Gasteiger partial charge is 0.236 e. The molecule has 0 aromatic rings. The van der Waals surface area contributed by atoms with E-state index in [2.05, 4.69) is 10.2 Å². The van der Waals surface area contributed by atoms with Gasteiger partial charge in [-0.15, -0.1) is 0 Å². The SMILES string of the molecule is O=C1CNCCCN1C1CCCCC1. The molecule has 1 N–H and O–H groups in total. The van der Waals surface area contributed by atoms with E-state index in [1.54, 1.807) is 0 Å². The van der Waals surface area contributed by atoms with Gasteiger partial charge in [0.05, 0.1) is 6.54 Å². The van der Waals surface area contributed by atoms with Crippen molar-refractivity contribution in [3.63, 3.8) is 0 Å². The molecule has 1 saturated heterocycles. The molecule has 1 saturated carbocycles. The standard InChI is InChI=1S/C11H20N2O/c14-11-9-12-7-4-8-13(11)10-5-2-1-3-6-10/h10,12H,1-9H2. The molecular formula is C11H20N2O. The summed E-state index contributed by atoms with van der Waals surface area (Å²) >= 11 is 0. The molecule has 1 heterocycles. The first kappa shape index (κ1) is 9.97. The van der Waals surface area contributed by atoms with E-state index in [0.717, 1.165) is 19.5 Å². The van der Waals surface area contributed by atoms with Gasteiger partial charge >= 0.3 is 0 Å². The second kappa shape index (κ2) is 4.78. The average molecular weight is 196 g/mol. The molecule has 0 spiro atoms. The molecule has 0 unspecified atom stereocenters. The highest BCUT2D eigenvalue weighted by molar-refractivity contribution is 5.78. The predicted octanol–water partition coefficient (Wildman–Crippen LogP) is 1.14. The third-order valence-corrected chi connectivity index (χ3v) is 3.36. The van der Waals surface area contributed by atoms with Crippen molar-refractivity contribution < 1.29 is 4.79 Å². The zero-order valence-electron chi connectivity index (χ0n) is 8.80. The van der Waals surface area contributed by atoms with Gasteiger partial charge in [-0.3, -0.25) is 4.79 Å². The lowest BCUT2D eigenvalue weighted by atomic mass is 9.94. The molecule has 2 fully saturated rings. The average Bonchev–Trinajstić information content (AvgIpc) is 2.44. The number of carbonyl (C=O) groups excluding carboxylic acids is 1. The molecule has 3 heteroatoms. The normalized spacial score (nSPS) is 26.3. The number of hydrogen-bond acceptors (Lipinski definition) is 2. The summed E-state index contributed by atoms with van der Waals surface area (Å²) in [5, 5.41) is 3.17. The molecule has 0 radical (unpaired) electrons. The molecule has 1 aliphatic carbocycles. The summed E-state index contributed by atoms with van der Waals surface area (Å²) in [6.45, 7) is 2.52. The fourth-order valence-corrected chi connectivity index (χ4v) is 2.57. The molecule has 0 atom stereocenters. The molecule has 3 nitrogen and oxygen atoms in total. The van der Waals surface area contributed by atoms with Gasteiger partial charge in [0.2, 0.25) is 5.91 Å². The van der Waals surface area contributed by atoms with E-state index in [-0.39, 0.29) is 0 Å². The Kier molecular flexibility index (Phi) is 3.40. The van der Waals surface area contributed by atoms with Gasteiger partial charge in [0.1, 0.15) is 0 Å². The maximum atomic E-state index is 11.8. The third kappa shape index (κ3) is 2.27. The van der Waals surface area contributed by atoms with Crippen molar-refractivity contribution in [2.75, 3.05) is 19.6 Å². The van der Waals surface area contributed by atoms with Gasteiger partial charge in [0.15, 0.2) is 0 Å². The summed E-state index contributed by atoms with van der Waals surface area (Å²) in [5.41, 5.74) is 0. The quantitative estimate of drug-likeness (QED) is 0.682. The molecule has 2 aliphatic rings. The minimum absolute atomic E-state index is 0.314. The maximum absolute atomic E-state index is 11.8. The van der Waals surface area contributed by atoms with Crippen LogP contribution in [0.25, 0.3) is 0 Å². The Morgan fingerprint density at radius 2 is 1.93 bits per heavy atom. The first-order chi connectivity index (χ1) is 6.88. The van der Waals surface area contributed by atoms with E-state index >= 15 is 0 Å². The first-order valence-corrected chi connectivity index (χ1v) is 5.88. The van der Waals surface area contributed by atoms with Crippen LogP contribution in [0.2, 0.25) is 0 Å². The summed E-state index contributed by atoms with van der Waals surface area (Å²) in [4.78, 5) is 13.9. The van der Waals surface area contributed by atoms with Crippen LogP contribution in [0, 0.1) is 0 Å². The number of nitrogens with zero attached hydrogens (tertiary/aromatic N) is 1. The highest BCUT2D eigenvalue weighted by Gasteiger charge is 2.25. The van der Waals surface area contributed by atoms with Gasteiger partial charge in [0, 0.05) is 12.6 Å². The molecule has 0 aromatic heterocycles. The highest BCUT2D eigenvalue weighted by atomic mass is 16.2. The van der Waals surface area contributed by atoms with Gasteiger partial charge in [-0.1, -0.05) is 19.3 Å². The minimum atomic E-state index is 0.314. The van der Waals surface area contributed by atoms with E-state index < -0.39 is 0 Å². The van der Waals surface area contributed by atoms with E-state index in [4.69, 9.17) is 0 Å². The Morgan fingerprint density at radius 1 is 1.14 bits per heavy atom. The predicted molar refractivity (Wildman–Crippen MR) is 56.1 cm³/mol. The molecule has 2 rings (SSSR count). The second-order valence-corrected chi connectivity index (χ2v) is 4.41. The van der Waals surface area contributed by atoms with Crippen LogP contribution in [0.15, 0.2) is 0 Å². The number of carbonyl (C=O) groups is 1. The summed E-state index contributed by atoms with van der Waals surface area (Å²) in [7, 11) is 0. The monoisotopic (exact) mass is 196 g/mol. The van der Waals surface area contributed by atoms with Crippen molar-refractivity contribution >= 4 is 5.91 Å². The molecule has 1 aliphatic heterocycles. The fourth-order valence-electron chi connectivity index (χ4n) is 2.57. The van der Waals surface area contributed by atoms with Crippen LogP contribution in [0.4, 0.5) is 0 Å². The Morgan fingerprint density at radius 3 is 2.71 bits per heavy atom. The summed E-state index contributed by atoms with van der Waals surface area (Å²) < 4.78 is 0. The topological polar surface area (TPSA) is 32.3 Å². The van der Waals surface area contributed by atoms with Crippen molar-refractivity contribution in [1.29, 1.82) is 0 Å². The third-order valence-electron chi connectivity index (χ3n) is 3.36. The van der Waals surface area contributed by atoms with E-state index in [1.807, 2.05) is 0 Å². The summed E-state index contributed by atoms with van der Waals surface area (Å²) in [5.74, 6) is 0.314. The van der Waals surface area contributed by atoms with Crippen molar-refractivity contribution in [2.45, 2.75) is 44.6 Å². The van der Waals surface area contributed by atoms with Crippen LogP contribution in [0.5, 0.6) is 0 Å². The zero-order valence-corrected chi connectivity index (χ0v) is 8.80. The number of amides is 1. The first-order valence-electron chi connectivity index (χ1n) is 5.88. The van der Waals surface area contributed by atoms with Gasteiger partial charge in [-0.05, 0) is 25.8 Å². The van der Waals surface area contributed by atoms with Gasteiger partial charge in [0.25, 0.3) is 0 Å². The largest absolute Gasteiger partial charge is 0.339 e. The van der Waals surface area contributed by atoms with Crippen molar-refractivity contribution in [2.24, 2.45) is 0 Å². The van der Waals surface area contributed by atoms with E-state index in [1.165, 1.54) is 32.1 Å². The molecule has 0 aromatic carbocycles. The van der Waals surface area contributed by atoms with Crippen LogP contribution < -0.4 is 5.32 Å². The number of nitrogens with one attached hydrogen (secondary N) is 1. The van der Waals surface area contributed by atoms with Gasteiger partial charge in [-0.25, -0.2) is 0 Å². The maximum Gasteiger partial charge on any atom is 0.236 e. The van der Waals surface area contributed by atoms with Crippen LogP contribution in [-0.4, -0.2) is 36.5 Å². The van der Waals surface area contributed by atoms with Crippen molar-refractivity contribution in [3.05, 3.63) is 0 Å². The van der Waals surface area contributed by atoms with Gasteiger partial charge in [-0.2, -0.15) is 0 Å². The summed E-state index contributed by atoms with van der Waals surface area (Å²) in [6.07, 6.45) is 7.54. The lowest BCUT2D eigenvalue weighted by Gasteiger charge is -2.33. The second-order valence-electron chi connectivity index (χ2n) is 4.41. The molecule has 1 amide bonds. The molecular weight excluding hydrogens is 176 g/mol. The van der Waals surface area contributed by atoms with Crippen LogP contribution in [-0.2, 0) is 4.79 Å². The number of hydrogen-bond donors (Lipinski definition) is 1. The Balaban J connectivity index is 1.95. The minimum Gasteiger partial charge on any atom is -0.339 e. The lowest BCUT2D eigenvalue weighted by molar-refractivity contribution is -0.132. The summed E-state index contributed by atoms with van der Waals surface area (Å²) in [6, 6.07) is 0.552. The lowest BCUT2D eigenvalue weighted by Crippen LogP contribution is -2.43.